The summed E-state index contributed by atoms with van der Waals surface area (Å²) >= 11 is 0. The zero-order valence-electron chi connectivity index (χ0n) is 11.5. The predicted octanol–water partition coefficient (Wildman–Crippen LogP) is 5.79. The van der Waals surface area contributed by atoms with Crippen LogP contribution >= 0.6 is 0 Å². The summed E-state index contributed by atoms with van der Waals surface area (Å²) in [6.07, 6.45) is 20.4. The monoisotopic (exact) mass is 232 g/mol. The third kappa shape index (κ3) is 4.01. The zero-order valence-corrected chi connectivity index (χ0v) is 11.5. The van der Waals surface area contributed by atoms with Crippen molar-refractivity contribution in [1.29, 1.82) is 0 Å². The van der Waals surface area contributed by atoms with Crippen molar-refractivity contribution in [2.24, 2.45) is 5.92 Å². The van der Waals surface area contributed by atoms with E-state index in [1.54, 1.807) is 11.1 Å². The van der Waals surface area contributed by atoms with Gasteiger partial charge in [-0.15, -0.1) is 0 Å². The minimum atomic E-state index is 1.03. The van der Waals surface area contributed by atoms with Crippen molar-refractivity contribution in [3.63, 3.8) is 0 Å². The molecule has 0 aromatic rings. The lowest BCUT2D eigenvalue weighted by Gasteiger charge is -2.07. The Morgan fingerprint density at radius 3 is 2.59 bits per heavy atom. The van der Waals surface area contributed by atoms with E-state index in [1.807, 2.05) is 0 Å². The van der Waals surface area contributed by atoms with Crippen LogP contribution in [0, 0.1) is 5.92 Å². The second kappa shape index (κ2) is 7.03. The van der Waals surface area contributed by atoms with E-state index >= 15 is 0 Å². The van der Waals surface area contributed by atoms with Crippen LogP contribution in [-0.4, -0.2) is 0 Å². The summed E-state index contributed by atoms with van der Waals surface area (Å²) in [5.41, 5.74) is 3.49. The Morgan fingerprint density at radius 2 is 1.88 bits per heavy atom. The number of hydrogen-bond acceptors (Lipinski definition) is 0. The van der Waals surface area contributed by atoms with Gasteiger partial charge in [0.1, 0.15) is 0 Å². The molecule has 2 rings (SSSR count). The molecule has 1 atom stereocenters. The highest BCUT2D eigenvalue weighted by molar-refractivity contribution is 5.33. The zero-order chi connectivity index (χ0) is 11.9. The van der Waals surface area contributed by atoms with Crippen LogP contribution in [0.15, 0.2) is 23.3 Å². The predicted molar refractivity (Wildman–Crippen MR) is 76.1 cm³/mol. The maximum Gasteiger partial charge on any atom is -0.0248 e. The van der Waals surface area contributed by atoms with Gasteiger partial charge in [-0.1, -0.05) is 56.8 Å². The summed E-state index contributed by atoms with van der Waals surface area (Å²) in [5.74, 6) is 1.03. The van der Waals surface area contributed by atoms with Gasteiger partial charge in [-0.3, -0.25) is 0 Å². The molecule has 0 N–H and O–H groups in total. The van der Waals surface area contributed by atoms with Gasteiger partial charge >= 0.3 is 0 Å². The second-order valence-electron chi connectivity index (χ2n) is 5.90. The van der Waals surface area contributed by atoms with Gasteiger partial charge in [0.2, 0.25) is 0 Å². The molecular weight excluding hydrogens is 204 g/mol. The Bertz CT molecular complexity index is 282. The lowest BCUT2D eigenvalue weighted by atomic mass is 9.98. The first kappa shape index (κ1) is 12.9. The standard InChI is InChI=1S/C17H28/c1-2-3-4-5-6-7-8-9-10-16-13-15-11-12-17(16)14-15/h9-10,15H,2-8,11-14H2,1H3/b10-9+. The molecule has 2 aliphatic carbocycles. The van der Waals surface area contributed by atoms with Crippen LogP contribution in [-0.2, 0) is 0 Å². The van der Waals surface area contributed by atoms with Gasteiger partial charge in [0, 0.05) is 0 Å². The Hall–Kier alpha value is -0.520. The minimum absolute atomic E-state index is 1.03. The number of unbranched alkanes of at least 4 members (excludes halogenated alkanes) is 6. The molecule has 0 amide bonds. The Morgan fingerprint density at radius 1 is 1.06 bits per heavy atom. The second-order valence-corrected chi connectivity index (χ2v) is 5.90. The molecule has 0 spiro atoms. The van der Waals surface area contributed by atoms with E-state index in [9.17, 15) is 0 Å². The molecule has 0 saturated heterocycles. The van der Waals surface area contributed by atoms with Gasteiger partial charge in [-0.25, -0.2) is 0 Å². The number of hydrogen-bond donors (Lipinski definition) is 0. The first-order valence-electron chi connectivity index (χ1n) is 7.77. The topological polar surface area (TPSA) is 0 Å². The molecule has 0 aromatic heterocycles. The molecule has 0 heterocycles. The van der Waals surface area contributed by atoms with Crippen LogP contribution in [0.5, 0.6) is 0 Å². The first-order chi connectivity index (χ1) is 8.40. The quantitative estimate of drug-likeness (QED) is 0.464. The number of fused-ring (bicyclic) bond motifs is 2. The molecule has 0 aromatic carbocycles. The molecule has 0 radical (unpaired) electrons. The fourth-order valence-corrected chi connectivity index (χ4v) is 3.31. The summed E-state index contributed by atoms with van der Waals surface area (Å²) in [4.78, 5) is 0. The minimum Gasteiger partial charge on any atom is -0.0843 e. The van der Waals surface area contributed by atoms with Gasteiger partial charge in [-0.05, 0) is 50.0 Å². The smallest absolute Gasteiger partial charge is 0.0248 e. The van der Waals surface area contributed by atoms with E-state index in [0.717, 1.165) is 5.92 Å². The molecule has 0 aliphatic heterocycles. The van der Waals surface area contributed by atoms with Gasteiger partial charge in [0.25, 0.3) is 0 Å². The molecule has 0 nitrogen and oxygen atoms in total. The van der Waals surface area contributed by atoms with Crippen molar-refractivity contribution in [3.8, 4) is 0 Å². The van der Waals surface area contributed by atoms with Crippen molar-refractivity contribution in [2.45, 2.75) is 77.6 Å². The van der Waals surface area contributed by atoms with Crippen LogP contribution in [0.25, 0.3) is 0 Å². The highest BCUT2D eigenvalue weighted by atomic mass is 14.3. The summed E-state index contributed by atoms with van der Waals surface area (Å²) in [5, 5.41) is 0. The summed E-state index contributed by atoms with van der Waals surface area (Å²) in [7, 11) is 0. The van der Waals surface area contributed by atoms with E-state index in [4.69, 9.17) is 0 Å². The molecule has 1 fully saturated rings. The normalized spacial score (nSPS) is 23.2. The van der Waals surface area contributed by atoms with Crippen molar-refractivity contribution in [3.05, 3.63) is 23.3 Å². The van der Waals surface area contributed by atoms with E-state index in [-0.39, 0.29) is 0 Å². The molecular formula is C17H28. The highest BCUT2D eigenvalue weighted by Gasteiger charge is 2.28. The van der Waals surface area contributed by atoms with E-state index in [1.165, 1.54) is 70.6 Å². The third-order valence-corrected chi connectivity index (χ3v) is 4.40. The number of rotatable bonds is 8. The SMILES string of the molecule is CCCCCCCC/C=C/C1=C2CCC(C1)C2. The average Bonchev–Trinajstić information content (AvgIpc) is 2.94. The van der Waals surface area contributed by atoms with E-state index in [2.05, 4.69) is 19.1 Å². The van der Waals surface area contributed by atoms with E-state index in [0.29, 0.717) is 0 Å². The van der Waals surface area contributed by atoms with Crippen molar-refractivity contribution < 1.29 is 0 Å². The Balaban J connectivity index is 1.53. The summed E-state index contributed by atoms with van der Waals surface area (Å²) in [6.45, 7) is 2.28. The summed E-state index contributed by atoms with van der Waals surface area (Å²) in [6, 6.07) is 0. The van der Waals surface area contributed by atoms with Crippen molar-refractivity contribution in [1.82, 2.24) is 0 Å². The molecule has 0 heteroatoms. The van der Waals surface area contributed by atoms with Gasteiger partial charge < -0.3 is 0 Å². The molecule has 1 saturated carbocycles. The largest absolute Gasteiger partial charge is 0.0843 e. The number of allylic oxidation sites excluding steroid dienone is 4. The average molecular weight is 232 g/mol. The van der Waals surface area contributed by atoms with Gasteiger partial charge in [-0.2, -0.15) is 0 Å². The van der Waals surface area contributed by atoms with Crippen molar-refractivity contribution >= 4 is 0 Å². The summed E-state index contributed by atoms with van der Waals surface area (Å²) < 4.78 is 0. The molecule has 1 unspecified atom stereocenters. The van der Waals surface area contributed by atoms with Crippen LogP contribution in [0.1, 0.15) is 77.6 Å². The van der Waals surface area contributed by atoms with Gasteiger partial charge in [0.05, 0.1) is 0 Å². The molecule has 2 aliphatic rings. The third-order valence-electron chi connectivity index (χ3n) is 4.40. The lowest BCUT2D eigenvalue weighted by Crippen LogP contribution is -1.91. The maximum atomic E-state index is 2.44. The fraction of sp³-hybridized carbons (Fsp3) is 0.765. The highest BCUT2D eigenvalue weighted by Crippen LogP contribution is 2.44. The first-order valence-corrected chi connectivity index (χ1v) is 7.77. The lowest BCUT2D eigenvalue weighted by molar-refractivity contribution is 0.567. The van der Waals surface area contributed by atoms with Crippen LogP contribution < -0.4 is 0 Å². The van der Waals surface area contributed by atoms with Crippen LogP contribution in [0.3, 0.4) is 0 Å². The van der Waals surface area contributed by atoms with Crippen LogP contribution in [0.2, 0.25) is 0 Å². The Labute approximate surface area is 107 Å². The van der Waals surface area contributed by atoms with E-state index < -0.39 is 0 Å². The van der Waals surface area contributed by atoms with Crippen LogP contribution in [0.4, 0.5) is 0 Å². The molecule has 17 heavy (non-hydrogen) atoms. The maximum absolute atomic E-state index is 2.44. The van der Waals surface area contributed by atoms with Crippen molar-refractivity contribution in [2.75, 3.05) is 0 Å². The Kier molecular flexibility index (Phi) is 5.35. The van der Waals surface area contributed by atoms with Gasteiger partial charge in [0.15, 0.2) is 0 Å². The molecule has 96 valence electrons. The fourth-order valence-electron chi connectivity index (χ4n) is 3.31. The molecule has 2 bridgehead atoms.